The molecule has 1 heterocycles. The topological polar surface area (TPSA) is 87.7 Å². The molecule has 0 aliphatic carbocycles. The number of para-hydroxylation sites is 1. The number of phenols is 1. The predicted octanol–water partition coefficient (Wildman–Crippen LogP) is 5.83. The number of nitrogens with one attached hydrogen (secondary N) is 2. The van der Waals surface area contributed by atoms with Crippen molar-refractivity contribution in [3.05, 3.63) is 108 Å². The highest BCUT2D eigenvalue weighted by molar-refractivity contribution is 7.99. The molecule has 0 unspecified atom stereocenters. The number of carbonyl (C=O) groups is 2. The first-order valence-electron chi connectivity index (χ1n) is 10.6. The van der Waals surface area contributed by atoms with Crippen LogP contribution in [0.3, 0.4) is 0 Å². The minimum Gasteiger partial charge on any atom is -0.508 e. The number of rotatable bonds is 5. The van der Waals surface area contributed by atoms with E-state index in [0.29, 0.717) is 34.9 Å². The minimum atomic E-state index is -0.283. The van der Waals surface area contributed by atoms with E-state index in [4.69, 9.17) is 4.74 Å². The third-order valence-corrected chi connectivity index (χ3v) is 6.26. The van der Waals surface area contributed by atoms with Gasteiger partial charge in [0, 0.05) is 21.9 Å². The van der Waals surface area contributed by atoms with Crippen LogP contribution in [0.4, 0.5) is 5.69 Å². The maximum absolute atomic E-state index is 12.8. The van der Waals surface area contributed by atoms with Crippen LogP contribution in [0.15, 0.2) is 101 Å². The Morgan fingerprint density at radius 3 is 2.56 bits per heavy atom. The van der Waals surface area contributed by atoms with Gasteiger partial charge < -0.3 is 20.5 Å². The van der Waals surface area contributed by atoms with Crippen LogP contribution in [-0.2, 0) is 6.54 Å². The molecular weight excluding hydrogens is 448 g/mol. The van der Waals surface area contributed by atoms with E-state index in [-0.39, 0.29) is 17.6 Å². The second-order valence-electron chi connectivity index (χ2n) is 7.69. The highest BCUT2D eigenvalue weighted by atomic mass is 32.2. The van der Waals surface area contributed by atoms with E-state index in [9.17, 15) is 14.7 Å². The van der Waals surface area contributed by atoms with Crippen LogP contribution >= 0.6 is 11.8 Å². The van der Waals surface area contributed by atoms with E-state index in [1.54, 1.807) is 66.4 Å². The van der Waals surface area contributed by atoms with Crippen molar-refractivity contribution in [2.75, 3.05) is 5.32 Å². The molecular formula is C27H20N2O4S. The Morgan fingerprint density at radius 2 is 1.71 bits per heavy atom. The lowest BCUT2D eigenvalue weighted by molar-refractivity contribution is 0.0949. The van der Waals surface area contributed by atoms with Gasteiger partial charge in [-0.05, 0) is 72.3 Å². The summed E-state index contributed by atoms with van der Waals surface area (Å²) in [6.45, 7) is 0.355. The van der Waals surface area contributed by atoms with Crippen LogP contribution in [0.2, 0.25) is 0 Å². The van der Waals surface area contributed by atoms with Crippen molar-refractivity contribution < 1.29 is 19.4 Å². The average Bonchev–Trinajstić information content (AvgIpc) is 2.99. The standard InChI is InChI=1S/C27H20N2O4S/c30-19-9-11-20(12-10-19)34-21-5-3-4-17(14-21)16-28-26(31)18-8-13-25-23(15-18)29-27(32)22-6-1-2-7-24(22)33-25/h1-15,30H,16H2,(H,28,31)(H,29,32). The average molecular weight is 469 g/mol. The number of ether oxygens (including phenoxy) is 1. The summed E-state index contributed by atoms with van der Waals surface area (Å²) in [6, 6.07) is 26.9. The largest absolute Gasteiger partial charge is 0.508 e. The molecule has 4 aromatic rings. The normalized spacial score (nSPS) is 11.9. The van der Waals surface area contributed by atoms with Gasteiger partial charge in [-0.1, -0.05) is 36.0 Å². The van der Waals surface area contributed by atoms with Crippen molar-refractivity contribution in [3.8, 4) is 17.2 Å². The zero-order chi connectivity index (χ0) is 23.5. The van der Waals surface area contributed by atoms with Crippen LogP contribution in [-0.4, -0.2) is 16.9 Å². The van der Waals surface area contributed by atoms with Crippen molar-refractivity contribution in [3.63, 3.8) is 0 Å². The maximum atomic E-state index is 12.8. The number of anilines is 1. The Hall–Kier alpha value is -4.23. The molecule has 3 N–H and O–H groups in total. The van der Waals surface area contributed by atoms with E-state index in [1.165, 1.54) is 0 Å². The van der Waals surface area contributed by atoms with Crippen molar-refractivity contribution in [2.45, 2.75) is 16.3 Å². The molecule has 2 amide bonds. The first kappa shape index (κ1) is 21.6. The van der Waals surface area contributed by atoms with Crippen LogP contribution in [0.25, 0.3) is 0 Å². The lowest BCUT2D eigenvalue weighted by Crippen LogP contribution is -2.23. The minimum absolute atomic E-state index is 0.231. The summed E-state index contributed by atoms with van der Waals surface area (Å²) >= 11 is 1.58. The molecule has 6 nitrogen and oxygen atoms in total. The predicted molar refractivity (Wildman–Crippen MR) is 131 cm³/mol. The summed E-state index contributed by atoms with van der Waals surface area (Å²) < 4.78 is 5.87. The van der Waals surface area contributed by atoms with Crippen molar-refractivity contribution >= 4 is 29.3 Å². The number of benzene rings is 4. The van der Waals surface area contributed by atoms with Gasteiger partial charge in [-0.3, -0.25) is 9.59 Å². The number of carbonyl (C=O) groups excluding carboxylic acids is 2. The molecule has 168 valence electrons. The smallest absolute Gasteiger partial charge is 0.259 e. The van der Waals surface area contributed by atoms with Gasteiger partial charge in [0.05, 0.1) is 11.3 Å². The first-order valence-corrected chi connectivity index (χ1v) is 11.4. The number of aromatic hydroxyl groups is 1. The molecule has 0 radical (unpaired) electrons. The highest BCUT2D eigenvalue weighted by Crippen LogP contribution is 2.36. The molecule has 7 heteroatoms. The zero-order valence-electron chi connectivity index (χ0n) is 17.9. The number of hydrogen-bond donors (Lipinski definition) is 3. The summed E-state index contributed by atoms with van der Waals surface area (Å²) in [6.07, 6.45) is 0. The fourth-order valence-corrected chi connectivity index (χ4v) is 4.46. The number of phenolic OH excluding ortho intramolecular Hbond substituents is 1. The molecule has 5 rings (SSSR count). The number of amides is 2. The van der Waals surface area contributed by atoms with Crippen LogP contribution < -0.4 is 15.4 Å². The Labute approximate surface area is 200 Å². The van der Waals surface area contributed by atoms with Gasteiger partial charge in [0.1, 0.15) is 11.5 Å². The second kappa shape index (κ2) is 9.33. The Balaban J connectivity index is 1.26. The first-order chi connectivity index (χ1) is 16.5. The monoisotopic (exact) mass is 468 g/mol. The van der Waals surface area contributed by atoms with Gasteiger partial charge in [0.2, 0.25) is 0 Å². The molecule has 0 atom stereocenters. The lowest BCUT2D eigenvalue weighted by atomic mass is 10.1. The Bertz CT molecular complexity index is 1390. The van der Waals surface area contributed by atoms with Gasteiger partial charge in [0.25, 0.3) is 11.8 Å². The van der Waals surface area contributed by atoms with Crippen LogP contribution in [0, 0.1) is 0 Å². The number of hydrogen-bond acceptors (Lipinski definition) is 5. The van der Waals surface area contributed by atoms with E-state index in [0.717, 1.165) is 15.4 Å². The van der Waals surface area contributed by atoms with Crippen molar-refractivity contribution in [2.24, 2.45) is 0 Å². The molecule has 1 aliphatic rings. The molecule has 1 aliphatic heterocycles. The van der Waals surface area contributed by atoms with Gasteiger partial charge in [-0.15, -0.1) is 0 Å². The lowest BCUT2D eigenvalue weighted by Gasteiger charge is -2.11. The molecule has 4 aromatic carbocycles. The fraction of sp³-hybridized carbons (Fsp3) is 0.0370. The summed E-state index contributed by atoms with van der Waals surface area (Å²) in [5.41, 5.74) is 2.26. The molecule has 0 fully saturated rings. The van der Waals surface area contributed by atoms with Crippen LogP contribution in [0.1, 0.15) is 26.3 Å². The van der Waals surface area contributed by atoms with Crippen molar-refractivity contribution in [1.82, 2.24) is 5.32 Å². The van der Waals surface area contributed by atoms with Crippen LogP contribution in [0.5, 0.6) is 17.2 Å². The van der Waals surface area contributed by atoms with E-state index >= 15 is 0 Å². The summed E-state index contributed by atoms with van der Waals surface area (Å²) in [7, 11) is 0. The molecule has 0 spiro atoms. The SMILES string of the molecule is O=C(NCc1cccc(Sc2ccc(O)cc2)c1)c1ccc2c(c1)NC(=O)c1ccccc1O2. The number of fused-ring (bicyclic) bond motifs is 2. The summed E-state index contributed by atoms with van der Waals surface area (Å²) in [5, 5.41) is 15.2. The van der Waals surface area contributed by atoms with Gasteiger partial charge >= 0.3 is 0 Å². The quantitative estimate of drug-likeness (QED) is 0.343. The summed E-state index contributed by atoms with van der Waals surface area (Å²) in [5.74, 6) is 0.648. The molecule has 0 aromatic heterocycles. The van der Waals surface area contributed by atoms with Gasteiger partial charge in [-0.2, -0.15) is 0 Å². The van der Waals surface area contributed by atoms with E-state index in [2.05, 4.69) is 10.6 Å². The van der Waals surface area contributed by atoms with E-state index in [1.807, 2.05) is 36.4 Å². The van der Waals surface area contributed by atoms with Gasteiger partial charge in [0.15, 0.2) is 5.75 Å². The third kappa shape index (κ3) is 4.74. The van der Waals surface area contributed by atoms with E-state index < -0.39 is 0 Å². The molecule has 34 heavy (non-hydrogen) atoms. The second-order valence-corrected chi connectivity index (χ2v) is 8.84. The highest BCUT2D eigenvalue weighted by Gasteiger charge is 2.21. The molecule has 0 saturated carbocycles. The Morgan fingerprint density at radius 1 is 0.882 bits per heavy atom. The fourth-order valence-electron chi connectivity index (χ4n) is 3.56. The Kier molecular flexibility index (Phi) is 5.93. The zero-order valence-corrected chi connectivity index (χ0v) is 18.8. The summed E-state index contributed by atoms with van der Waals surface area (Å²) in [4.78, 5) is 27.4. The molecule has 0 saturated heterocycles. The molecule has 0 bridgehead atoms. The van der Waals surface area contributed by atoms with Crippen molar-refractivity contribution in [1.29, 1.82) is 0 Å². The van der Waals surface area contributed by atoms with Gasteiger partial charge in [-0.25, -0.2) is 0 Å². The third-order valence-electron chi connectivity index (χ3n) is 5.27. The maximum Gasteiger partial charge on any atom is 0.259 e.